The highest BCUT2D eigenvalue weighted by molar-refractivity contribution is 6.04. The van der Waals surface area contributed by atoms with Crippen molar-refractivity contribution in [1.29, 1.82) is 0 Å². The minimum atomic E-state index is -0.533. The molecule has 3 aromatic rings. The van der Waals surface area contributed by atoms with Gasteiger partial charge in [-0.1, -0.05) is 0 Å². The molecule has 0 unspecified atom stereocenters. The van der Waals surface area contributed by atoms with Crippen LogP contribution in [0, 0.1) is 15.9 Å². The van der Waals surface area contributed by atoms with E-state index in [1.807, 2.05) is 0 Å². The Balaban J connectivity index is 1.69. The molecule has 0 spiro atoms. The van der Waals surface area contributed by atoms with E-state index in [-0.39, 0.29) is 23.7 Å². The van der Waals surface area contributed by atoms with Crippen LogP contribution in [-0.2, 0) is 13.0 Å². The third kappa shape index (κ3) is 2.59. The second kappa shape index (κ2) is 5.62. The molecule has 3 heterocycles. The average Bonchev–Trinajstić information content (AvgIpc) is 3.07. The van der Waals surface area contributed by atoms with Gasteiger partial charge in [-0.3, -0.25) is 19.9 Å². The van der Waals surface area contributed by atoms with Crippen molar-refractivity contribution in [2.24, 2.45) is 0 Å². The van der Waals surface area contributed by atoms with E-state index in [0.717, 1.165) is 11.8 Å². The van der Waals surface area contributed by atoms with Crippen molar-refractivity contribution in [3.8, 4) is 0 Å². The summed E-state index contributed by atoms with van der Waals surface area (Å²) < 4.78 is 13.8. The molecule has 0 saturated carbocycles. The van der Waals surface area contributed by atoms with Crippen molar-refractivity contribution in [2.75, 3.05) is 6.54 Å². The predicted octanol–water partition coefficient (Wildman–Crippen LogP) is 2.20. The smallest absolute Gasteiger partial charge is 0.287 e. The SMILES string of the molecule is O=C(c1cc(F)cc2[nH]cnc12)N1CCc2ncc([N+](=O)[O-])cc2C1. The van der Waals surface area contributed by atoms with Gasteiger partial charge in [0.25, 0.3) is 11.6 Å². The van der Waals surface area contributed by atoms with Gasteiger partial charge in [0, 0.05) is 31.3 Å². The zero-order valence-corrected chi connectivity index (χ0v) is 12.9. The number of carbonyl (C=O) groups is 1. The number of hydrogen-bond donors (Lipinski definition) is 1. The van der Waals surface area contributed by atoms with Crippen LogP contribution >= 0.6 is 0 Å². The van der Waals surface area contributed by atoms with Crippen molar-refractivity contribution >= 4 is 22.6 Å². The van der Waals surface area contributed by atoms with Gasteiger partial charge >= 0.3 is 0 Å². The Morgan fingerprint density at radius 2 is 2.16 bits per heavy atom. The molecule has 0 atom stereocenters. The van der Waals surface area contributed by atoms with Gasteiger partial charge in [-0.05, 0) is 17.7 Å². The Morgan fingerprint density at radius 3 is 2.96 bits per heavy atom. The molecule has 126 valence electrons. The lowest BCUT2D eigenvalue weighted by Gasteiger charge is -2.28. The van der Waals surface area contributed by atoms with Crippen molar-refractivity contribution < 1.29 is 14.1 Å². The first-order valence-corrected chi connectivity index (χ1v) is 7.57. The van der Waals surface area contributed by atoms with Gasteiger partial charge < -0.3 is 9.88 Å². The molecule has 1 N–H and O–H groups in total. The van der Waals surface area contributed by atoms with Crippen molar-refractivity contribution in [2.45, 2.75) is 13.0 Å². The normalized spacial score (nSPS) is 13.7. The highest BCUT2D eigenvalue weighted by Crippen LogP contribution is 2.25. The third-order valence-electron chi connectivity index (χ3n) is 4.24. The van der Waals surface area contributed by atoms with Crippen LogP contribution in [0.2, 0.25) is 0 Å². The predicted molar refractivity (Wildman–Crippen MR) is 85.4 cm³/mol. The molecule has 1 amide bonds. The van der Waals surface area contributed by atoms with Crippen molar-refractivity contribution in [3.05, 3.63) is 63.5 Å². The van der Waals surface area contributed by atoms with E-state index in [4.69, 9.17) is 0 Å². The Morgan fingerprint density at radius 1 is 1.32 bits per heavy atom. The number of carbonyl (C=O) groups excluding carboxylic acids is 1. The van der Waals surface area contributed by atoms with E-state index in [2.05, 4.69) is 15.0 Å². The molecule has 2 aromatic heterocycles. The van der Waals surface area contributed by atoms with Crippen LogP contribution in [0.4, 0.5) is 10.1 Å². The van der Waals surface area contributed by atoms with E-state index in [1.54, 1.807) is 0 Å². The van der Waals surface area contributed by atoms with Crippen LogP contribution in [0.3, 0.4) is 0 Å². The third-order valence-corrected chi connectivity index (χ3v) is 4.24. The summed E-state index contributed by atoms with van der Waals surface area (Å²) in [4.78, 5) is 35.7. The van der Waals surface area contributed by atoms with Gasteiger partial charge in [0.2, 0.25) is 0 Å². The van der Waals surface area contributed by atoms with Gasteiger partial charge in [0.1, 0.15) is 17.5 Å². The lowest BCUT2D eigenvalue weighted by molar-refractivity contribution is -0.385. The number of amides is 1. The highest BCUT2D eigenvalue weighted by Gasteiger charge is 2.26. The van der Waals surface area contributed by atoms with Gasteiger partial charge in [0.05, 0.1) is 22.3 Å². The number of benzene rings is 1. The Kier molecular flexibility index (Phi) is 3.41. The number of hydrogen-bond acceptors (Lipinski definition) is 5. The minimum Gasteiger partial charge on any atom is -0.344 e. The molecule has 0 saturated heterocycles. The summed E-state index contributed by atoms with van der Waals surface area (Å²) in [6.45, 7) is 0.588. The first-order chi connectivity index (χ1) is 12.0. The van der Waals surface area contributed by atoms with E-state index in [0.29, 0.717) is 29.6 Å². The minimum absolute atomic E-state index is 0.117. The largest absolute Gasteiger partial charge is 0.344 e. The summed E-state index contributed by atoms with van der Waals surface area (Å²) in [5.74, 6) is -0.899. The fourth-order valence-corrected chi connectivity index (χ4v) is 3.03. The number of fused-ring (bicyclic) bond motifs is 2. The van der Waals surface area contributed by atoms with Gasteiger partial charge in [-0.15, -0.1) is 0 Å². The van der Waals surface area contributed by atoms with E-state index < -0.39 is 10.7 Å². The maximum atomic E-state index is 13.8. The van der Waals surface area contributed by atoms with Gasteiger partial charge in [-0.2, -0.15) is 0 Å². The van der Waals surface area contributed by atoms with Crippen LogP contribution in [0.5, 0.6) is 0 Å². The van der Waals surface area contributed by atoms with Crippen LogP contribution < -0.4 is 0 Å². The number of aromatic amines is 1. The molecule has 25 heavy (non-hydrogen) atoms. The van der Waals surface area contributed by atoms with E-state index >= 15 is 0 Å². The first kappa shape index (κ1) is 15.2. The maximum absolute atomic E-state index is 13.8. The number of aromatic nitrogens is 3. The quantitative estimate of drug-likeness (QED) is 0.568. The van der Waals surface area contributed by atoms with Crippen molar-refractivity contribution in [3.63, 3.8) is 0 Å². The molecule has 0 radical (unpaired) electrons. The molecular weight excluding hydrogens is 329 g/mol. The molecule has 1 aliphatic heterocycles. The molecule has 4 rings (SSSR count). The van der Waals surface area contributed by atoms with Crippen molar-refractivity contribution in [1.82, 2.24) is 19.9 Å². The fraction of sp³-hybridized carbons (Fsp3) is 0.188. The number of nitro groups is 1. The molecule has 9 heteroatoms. The lowest BCUT2D eigenvalue weighted by atomic mass is 10.0. The molecule has 1 aromatic carbocycles. The summed E-state index contributed by atoms with van der Waals surface area (Å²) in [6, 6.07) is 3.86. The average molecular weight is 341 g/mol. The van der Waals surface area contributed by atoms with Crippen LogP contribution in [0.15, 0.2) is 30.7 Å². The number of halogens is 1. The topological polar surface area (TPSA) is 105 Å². The second-order valence-corrected chi connectivity index (χ2v) is 5.79. The highest BCUT2D eigenvalue weighted by atomic mass is 19.1. The number of nitrogens with zero attached hydrogens (tertiary/aromatic N) is 4. The Labute approximate surface area is 140 Å². The molecule has 0 bridgehead atoms. The summed E-state index contributed by atoms with van der Waals surface area (Å²) in [7, 11) is 0. The molecule has 8 nitrogen and oxygen atoms in total. The zero-order valence-electron chi connectivity index (χ0n) is 12.9. The second-order valence-electron chi connectivity index (χ2n) is 5.79. The van der Waals surface area contributed by atoms with E-state index in [1.165, 1.54) is 29.6 Å². The fourth-order valence-electron chi connectivity index (χ4n) is 3.03. The zero-order chi connectivity index (χ0) is 17.6. The van der Waals surface area contributed by atoms with Crippen LogP contribution in [0.25, 0.3) is 11.0 Å². The Bertz CT molecular complexity index is 1020. The number of imidazole rings is 1. The Hall–Kier alpha value is -3.36. The molecule has 0 fully saturated rings. The molecule has 0 aliphatic carbocycles. The summed E-state index contributed by atoms with van der Waals surface area (Å²) in [5, 5.41) is 10.9. The van der Waals surface area contributed by atoms with Gasteiger partial charge in [-0.25, -0.2) is 9.37 Å². The number of rotatable bonds is 2. The van der Waals surface area contributed by atoms with E-state index in [9.17, 15) is 19.3 Å². The molecular formula is C16H12FN5O3. The maximum Gasteiger partial charge on any atom is 0.287 e. The molecule has 1 aliphatic rings. The number of nitrogens with one attached hydrogen (secondary N) is 1. The monoisotopic (exact) mass is 341 g/mol. The van der Waals surface area contributed by atoms with Crippen LogP contribution in [0.1, 0.15) is 21.6 Å². The van der Waals surface area contributed by atoms with Gasteiger partial charge in [0.15, 0.2) is 0 Å². The number of H-pyrrole nitrogens is 1. The number of pyridine rings is 1. The summed E-state index contributed by atoms with van der Waals surface area (Å²) >= 11 is 0. The standard InChI is InChI=1S/C16H12FN5O3/c17-10-4-12(15-14(5-10)19-8-20-15)16(23)21-2-1-13-9(7-21)3-11(6-18-13)22(24)25/h3-6,8H,1-2,7H2,(H,19,20). The lowest BCUT2D eigenvalue weighted by Crippen LogP contribution is -2.36. The van der Waals surface area contributed by atoms with Crippen LogP contribution in [-0.4, -0.2) is 37.2 Å². The summed E-state index contributed by atoms with van der Waals surface area (Å²) in [5.41, 5.74) is 2.25. The summed E-state index contributed by atoms with van der Waals surface area (Å²) in [6.07, 6.45) is 3.11. The first-order valence-electron chi connectivity index (χ1n) is 7.57.